The SMILES string of the molecule is ClC1=CN2NC=CN2N=C1. The fraction of sp³-hybridized carbons (Fsp3) is 0. The second-order valence-corrected chi connectivity index (χ2v) is 2.30. The van der Waals surface area contributed by atoms with Crippen LogP contribution in [0.1, 0.15) is 0 Å². The van der Waals surface area contributed by atoms with E-state index in [1.165, 1.54) is 0 Å². The van der Waals surface area contributed by atoms with Gasteiger partial charge in [-0.25, -0.2) is 0 Å². The smallest absolute Gasteiger partial charge is 0.0808 e. The molecular weight excluding hydrogens is 152 g/mol. The minimum absolute atomic E-state index is 0.604. The molecule has 1 N–H and O–H groups in total. The molecule has 0 aromatic heterocycles. The third kappa shape index (κ3) is 0.733. The van der Waals surface area contributed by atoms with E-state index in [-0.39, 0.29) is 0 Å². The number of hydrazine groups is 2. The third-order valence-electron chi connectivity index (χ3n) is 1.18. The molecule has 2 aliphatic heterocycles. The Morgan fingerprint density at radius 1 is 1.60 bits per heavy atom. The van der Waals surface area contributed by atoms with Crippen LogP contribution in [0.5, 0.6) is 0 Å². The maximum absolute atomic E-state index is 5.66. The van der Waals surface area contributed by atoms with Crippen LogP contribution in [0.25, 0.3) is 0 Å². The van der Waals surface area contributed by atoms with E-state index in [4.69, 9.17) is 11.6 Å². The first-order valence-corrected chi connectivity index (χ1v) is 3.16. The first-order valence-electron chi connectivity index (χ1n) is 2.79. The molecule has 52 valence electrons. The molecule has 0 bridgehead atoms. The fourth-order valence-electron chi connectivity index (χ4n) is 0.762. The summed E-state index contributed by atoms with van der Waals surface area (Å²) in [7, 11) is 0. The molecule has 0 aliphatic carbocycles. The lowest BCUT2D eigenvalue weighted by Crippen LogP contribution is -2.35. The van der Waals surface area contributed by atoms with Crippen LogP contribution in [-0.2, 0) is 0 Å². The molecule has 4 nitrogen and oxygen atoms in total. The molecule has 0 saturated heterocycles. The number of fused-ring (bicyclic) bond motifs is 1. The van der Waals surface area contributed by atoms with E-state index in [9.17, 15) is 0 Å². The standard InChI is InChI=1S/C5H5ClN4/c6-5-3-8-9-2-1-7-10(9)4-5/h1-4,7H. The van der Waals surface area contributed by atoms with E-state index < -0.39 is 0 Å². The minimum Gasteiger partial charge on any atom is -0.284 e. The monoisotopic (exact) mass is 156 g/mol. The predicted molar refractivity (Wildman–Crippen MR) is 38.4 cm³/mol. The highest BCUT2D eigenvalue weighted by atomic mass is 35.5. The molecule has 0 aromatic rings. The third-order valence-corrected chi connectivity index (χ3v) is 1.38. The lowest BCUT2D eigenvalue weighted by molar-refractivity contribution is 0.0652. The number of allylic oxidation sites excluding steroid dienone is 1. The maximum Gasteiger partial charge on any atom is 0.0808 e. The van der Waals surface area contributed by atoms with Crippen LogP contribution < -0.4 is 5.43 Å². The van der Waals surface area contributed by atoms with Crippen LogP contribution in [0.15, 0.2) is 28.7 Å². The summed E-state index contributed by atoms with van der Waals surface area (Å²) < 4.78 is 0. The number of rotatable bonds is 0. The Bertz CT molecular complexity index is 232. The van der Waals surface area contributed by atoms with Gasteiger partial charge >= 0.3 is 0 Å². The molecule has 2 heterocycles. The summed E-state index contributed by atoms with van der Waals surface area (Å²) in [5.41, 5.74) is 2.89. The topological polar surface area (TPSA) is 30.9 Å². The zero-order valence-corrected chi connectivity index (χ0v) is 5.78. The summed E-state index contributed by atoms with van der Waals surface area (Å²) in [5.74, 6) is 0. The van der Waals surface area contributed by atoms with Gasteiger partial charge in [-0.05, 0) is 0 Å². The van der Waals surface area contributed by atoms with E-state index in [1.54, 1.807) is 35.1 Å². The van der Waals surface area contributed by atoms with Crippen molar-refractivity contribution < 1.29 is 0 Å². The maximum atomic E-state index is 5.66. The molecule has 10 heavy (non-hydrogen) atoms. The summed E-state index contributed by atoms with van der Waals surface area (Å²) in [6, 6.07) is 0. The Kier molecular flexibility index (Phi) is 1.07. The molecule has 0 amide bonds. The van der Waals surface area contributed by atoms with Crippen molar-refractivity contribution in [3.8, 4) is 0 Å². The zero-order chi connectivity index (χ0) is 6.97. The number of hydrogen-bond donors (Lipinski definition) is 1. The highest BCUT2D eigenvalue weighted by Gasteiger charge is 2.13. The van der Waals surface area contributed by atoms with Gasteiger partial charge in [0.25, 0.3) is 0 Å². The highest BCUT2D eigenvalue weighted by Crippen LogP contribution is 2.12. The Morgan fingerprint density at radius 2 is 2.50 bits per heavy atom. The van der Waals surface area contributed by atoms with Gasteiger partial charge < -0.3 is 0 Å². The molecule has 0 spiro atoms. The lowest BCUT2D eigenvalue weighted by atomic mass is 10.6. The van der Waals surface area contributed by atoms with Crippen LogP contribution in [0.3, 0.4) is 0 Å². The van der Waals surface area contributed by atoms with E-state index in [2.05, 4.69) is 10.5 Å². The summed E-state index contributed by atoms with van der Waals surface area (Å²) in [5, 5.41) is 7.86. The molecular formula is C5H5ClN4. The predicted octanol–water partition coefficient (Wildman–Crippen LogP) is 0.574. The molecule has 0 saturated carbocycles. The Morgan fingerprint density at radius 3 is 3.40 bits per heavy atom. The summed E-state index contributed by atoms with van der Waals surface area (Å²) >= 11 is 5.66. The van der Waals surface area contributed by atoms with Crippen molar-refractivity contribution in [1.82, 2.24) is 15.7 Å². The summed E-state index contributed by atoms with van der Waals surface area (Å²) in [6.45, 7) is 0. The van der Waals surface area contributed by atoms with E-state index in [1.807, 2.05) is 0 Å². The van der Waals surface area contributed by atoms with Gasteiger partial charge in [-0.15, -0.1) is 0 Å². The van der Waals surface area contributed by atoms with Crippen molar-refractivity contribution in [3.63, 3.8) is 0 Å². The van der Waals surface area contributed by atoms with Gasteiger partial charge in [-0.2, -0.15) is 15.3 Å². The zero-order valence-electron chi connectivity index (χ0n) is 5.03. The molecule has 2 aliphatic rings. The van der Waals surface area contributed by atoms with Gasteiger partial charge in [0.15, 0.2) is 0 Å². The average molecular weight is 157 g/mol. The number of nitrogens with zero attached hydrogens (tertiary/aromatic N) is 3. The molecule has 2 rings (SSSR count). The first kappa shape index (κ1) is 5.61. The number of halogens is 1. The normalized spacial score (nSPS) is 20.7. The number of hydrazone groups is 1. The van der Waals surface area contributed by atoms with Crippen molar-refractivity contribution in [3.05, 3.63) is 23.6 Å². The quantitative estimate of drug-likeness (QED) is 0.557. The molecule has 0 atom stereocenters. The minimum atomic E-state index is 0.604. The molecule has 0 aromatic carbocycles. The number of nitrogens with one attached hydrogen (secondary N) is 1. The van der Waals surface area contributed by atoms with Crippen LogP contribution in [0, 0.1) is 0 Å². The Balaban J connectivity index is 2.25. The van der Waals surface area contributed by atoms with Gasteiger partial charge in [0, 0.05) is 6.20 Å². The van der Waals surface area contributed by atoms with Crippen LogP contribution in [-0.4, -0.2) is 16.5 Å². The second-order valence-electron chi connectivity index (χ2n) is 1.87. The Hall–Kier alpha value is -1.16. The van der Waals surface area contributed by atoms with Crippen LogP contribution in [0.2, 0.25) is 0 Å². The van der Waals surface area contributed by atoms with E-state index in [0.29, 0.717) is 5.03 Å². The second kappa shape index (κ2) is 1.91. The van der Waals surface area contributed by atoms with Crippen molar-refractivity contribution in [2.75, 3.05) is 0 Å². The van der Waals surface area contributed by atoms with Gasteiger partial charge in [-0.3, -0.25) is 5.43 Å². The first-order chi connectivity index (χ1) is 4.86. The summed E-state index contributed by atoms with van der Waals surface area (Å²) in [4.78, 5) is 0. The van der Waals surface area contributed by atoms with Crippen LogP contribution in [0.4, 0.5) is 0 Å². The van der Waals surface area contributed by atoms with Crippen molar-refractivity contribution >= 4 is 17.8 Å². The van der Waals surface area contributed by atoms with E-state index in [0.717, 1.165) is 0 Å². The van der Waals surface area contributed by atoms with E-state index >= 15 is 0 Å². The highest BCUT2D eigenvalue weighted by molar-refractivity contribution is 6.39. The fourth-order valence-corrected chi connectivity index (χ4v) is 0.898. The molecule has 0 unspecified atom stereocenters. The largest absolute Gasteiger partial charge is 0.284 e. The molecule has 0 radical (unpaired) electrons. The van der Waals surface area contributed by atoms with Gasteiger partial charge in [0.1, 0.15) is 0 Å². The van der Waals surface area contributed by atoms with Crippen molar-refractivity contribution in [1.29, 1.82) is 0 Å². The van der Waals surface area contributed by atoms with Gasteiger partial charge in [0.05, 0.1) is 23.6 Å². The lowest BCUT2D eigenvalue weighted by Gasteiger charge is -2.24. The van der Waals surface area contributed by atoms with Gasteiger partial charge in [0.2, 0.25) is 0 Å². The number of hydrogen-bond acceptors (Lipinski definition) is 4. The molecule has 0 fully saturated rings. The Labute approximate surface area is 63.0 Å². The van der Waals surface area contributed by atoms with Gasteiger partial charge in [-0.1, -0.05) is 11.6 Å². The van der Waals surface area contributed by atoms with Crippen LogP contribution >= 0.6 is 11.6 Å². The van der Waals surface area contributed by atoms with Crippen molar-refractivity contribution in [2.45, 2.75) is 0 Å². The average Bonchev–Trinajstić information content (AvgIpc) is 2.33. The molecule has 5 heteroatoms. The summed E-state index contributed by atoms with van der Waals surface area (Å²) in [6.07, 6.45) is 6.86. The van der Waals surface area contributed by atoms with Crippen molar-refractivity contribution in [2.24, 2.45) is 5.10 Å².